The Morgan fingerprint density at radius 1 is 1.39 bits per heavy atom. The van der Waals surface area contributed by atoms with Crippen molar-refractivity contribution in [3.63, 3.8) is 0 Å². The molecule has 100 valence electrons. The molecule has 1 aliphatic rings. The number of hydrogen-bond acceptors (Lipinski definition) is 3. The van der Waals surface area contributed by atoms with Gasteiger partial charge in [-0.1, -0.05) is 15.9 Å². The number of aliphatic hydroxyl groups is 1. The second-order valence-electron chi connectivity index (χ2n) is 4.48. The maximum absolute atomic E-state index is 14.0. The lowest BCUT2D eigenvalue weighted by Crippen LogP contribution is -2.45. The second-order valence-corrected chi connectivity index (χ2v) is 5.40. The Kier molecular flexibility index (Phi) is 5.12. The van der Waals surface area contributed by atoms with E-state index in [1.807, 2.05) is 6.07 Å². The van der Waals surface area contributed by atoms with E-state index >= 15 is 0 Å². The first-order chi connectivity index (χ1) is 8.72. The van der Waals surface area contributed by atoms with Gasteiger partial charge < -0.3 is 10.4 Å². The predicted octanol–water partition coefficient (Wildman–Crippen LogP) is 1.92. The summed E-state index contributed by atoms with van der Waals surface area (Å²) in [4.78, 5) is 2.23. The van der Waals surface area contributed by atoms with E-state index < -0.39 is 0 Å². The number of hydrogen-bond donors (Lipinski definition) is 2. The molecular weight excluding hydrogens is 299 g/mol. The quantitative estimate of drug-likeness (QED) is 0.891. The largest absolute Gasteiger partial charge is 0.396 e. The van der Waals surface area contributed by atoms with Gasteiger partial charge in [0.2, 0.25) is 0 Å². The van der Waals surface area contributed by atoms with E-state index in [2.05, 4.69) is 26.1 Å². The highest BCUT2D eigenvalue weighted by molar-refractivity contribution is 9.10. The van der Waals surface area contributed by atoms with Gasteiger partial charge in [0, 0.05) is 48.9 Å². The Morgan fingerprint density at radius 2 is 2.11 bits per heavy atom. The molecule has 1 saturated heterocycles. The standard InChI is InChI=1S/C13H18BrFN2O/c14-10-1-2-12(15)11(9-10)13(3-8-18)17-6-4-16-5-7-17/h1-2,9,13,16,18H,3-8H2/t13-/m0/s1. The van der Waals surface area contributed by atoms with Crippen molar-refractivity contribution in [2.45, 2.75) is 12.5 Å². The zero-order valence-electron chi connectivity index (χ0n) is 10.2. The maximum atomic E-state index is 14.0. The first kappa shape index (κ1) is 13.9. The van der Waals surface area contributed by atoms with Crippen LogP contribution in [0.3, 0.4) is 0 Å². The van der Waals surface area contributed by atoms with Crippen LogP contribution in [-0.4, -0.2) is 42.8 Å². The summed E-state index contributed by atoms with van der Waals surface area (Å²) in [7, 11) is 0. The summed E-state index contributed by atoms with van der Waals surface area (Å²) in [5.74, 6) is -0.199. The summed E-state index contributed by atoms with van der Waals surface area (Å²) in [5, 5.41) is 12.5. The van der Waals surface area contributed by atoms with Crippen molar-refractivity contribution >= 4 is 15.9 Å². The van der Waals surface area contributed by atoms with Gasteiger partial charge in [0.1, 0.15) is 5.82 Å². The van der Waals surface area contributed by atoms with Crippen molar-refractivity contribution in [1.82, 2.24) is 10.2 Å². The molecule has 0 amide bonds. The highest BCUT2D eigenvalue weighted by Crippen LogP contribution is 2.29. The minimum atomic E-state index is -0.199. The van der Waals surface area contributed by atoms with Gasteiger partial charge in [0.25, 0.3) is 0 Å². The zero-order chi connectivity index (χ0) is 13.0. The molecule has 1 aliphatic heterocycles. The third-order valence-corrected chi connectivity index (χ3v) is 3.81. The van der Waals surface area contributed by atoms with Crippen LogP contribution in [0.5, 0.6) is 0 Å². The van der Waals surface area contributed by atoms with Crippen LogP contribution in [-0.2, 0) is 0 Å². The molecule has 0 spiro atoms. The third-order valence-electron chi connectivity index (χ3n) is 3.31. The van der Waals surface area contributed by atoms with Crippen LogP contribution < -0.4 is 5.32 Å². The lowest BCUT2D eigenvalue weighted by molar-refractivity contribution is 0.138. The highest BCUT2D eigenvalue weighted by Gasteiger charge is 2.24. The van der Waals surface area contributed by atoms with Crippen molar-refractivity contribution in [2.75, 3.05) is 32.8 Å². The Morgan fingerprint density at radius 3 is 2.78 bits per heavy atom. The normalized spacial score (nSPS) is 18.8. The summed E-state index contributed by atoms with van der Waals surface area (Å²) in [6, 6.07) is 4.95. The summed E-state index contributed by atoms with van der Waals surface area (Å²) in [6.45, 7) is 3.67. The molecule has 2 rings (SSSR count). The van der Waals surface area contributed by atoms with Gasteiger partial charge in [-0.2, -0.15) is 0 Å². The van der Waals surface area contributed by atoms with Crippen LogP contribution in [0.4, 0.5) is 4.39 Å². The lowest BCUT2D eigenvalue weighted by atomic mass is 10.0. The fraction of sp³-hybridized carbons (Fsp3) is 0.538. The van der Waals surface area contributed by atoms with Crippen LogP contribution >= 0.6 is 15.9 Å². The van der Waals surface area contributed by atoms with Crippen molar-refractivity contribution in [3.8, 4) is 0 Å². The van der Waals surface area contributed by atoms with Crippen LogP contribution in [0.1, 0.15) is 18.0 Å². The number of nitrogens with zero attached hydrogens (tertiary/aromatic N) is 1. The molecule has 0 bridgehead atoms. The highest BCUT2D eigenvalue weighted by atomic mass is 79.9. The van der Waals surface area contributed by atoms with Gasteiger partial charge in [0.15, 0.2) is 0 Å². The number of piperazine rings is 1. The first-order valence-corrected chi connectivity index (χ1v) is 7.02. The van der Waals surface area contributed by atoms with Crippen LogP contribution in [0.25, 0.3) is 0 Å². The van der Waals surface area contributed by atoms with Gasteiger partial charge in [-0.3, -0.25) is 4.90 Å². The Hall–Kier alpha value is -0.490. The third kappa shape index (κ3) is 3.29. The smallest absolute Gasteiger partial charge is 0.128 e. The fourth-order valence-corrected chi connectivity index (χ4v) is 2.80. The molecule has 0 aromatic heterocycles. The second kappa shape index (κ2) is 6.61. The number of aliphatic hydroxyl groups excluding tert-OH is 1. The van der Waals surface area contributed by atoms with E-state index in [1.54, 1.807) is 6.07 Å². The van der Waals surface area contributed by atoms with E-state index in [0.717, 1.165) is 30.7 Å². The summed E-state index contributed by atoms with van der Waals surface area (Å²) in [5.41, 5.74) is 0.667. The van der Waals surface area contributed by atoms with Crippen molar-refractivity contribution in [3.05, 3.63) is 34.1 Å². The molecule has 3 nitrogen and oxygen atoms in total. The molecule has 0 aliphatic carbocycles. The topological polar surface area (TPSA) is 35.5 Å². The molecule has 18 heavy (non-hydrogen) atoms. The average Bonchev–Trinajstić information content (AvgIpc) is 2.40. The summed E-state index contributed by atoms with van der Waals surface area (Å²) < 4.78 is 14.8. The SMILES string of the molecule is OCC[C@@H](c1cc(Br)ccc1F)N1CCNCC1. The zero-order valence-corrected chi connectivity index (χ0v) is 11.8. The molecule has 1 heterocycles. The number of benzene rings is 1. The predicted molar refractivity (Wildman–Crippen MR) is 73.0 cm³/mol. The number of halogens is 2. The Balaban J connectivity index is 2.24. The van der Waals surface area contributed by atoms with Gasteiger partial charge >= 0.3 is 0 Å². The lowest BCUT2D eigenvalue weighted by Gasteiger charge is -2.35. The van der Waals surface area contributed by atoms with E-state index in [4.69, 9.17) is 0 Å². The number of rotatable bonds is 4. The van der Waals surface area contributed by atoms with E-state index in [1.165, 1.54) is 6.07 Å². The van der Waals surface area contributed by atoms with E-state index in [9.17, 15) is 9.50 Å². The molecule has 0 unspecified atom stereocenters. The van der Waals surface area contributed by atoms with Gasteiger partial charge in [-0.25, -0.2) is 4.39 Å². The Bertz CT molecular complexity index is 397. The monoisotopic (exact) mass is 316 g/mol. The fourth-order valence-electron chi connectivity index (χ4n) is 2.42. The van der Waals surface area contributed by atoms with Crippen LogP contribution in [0.2, 0.25) is 0 Å². The van der Waals surface area contributed by atoms with Gasteiger partial charge in [0.05, 0.1) is 0 Å². The molecule has 1 aromatic carbocycles. The van der Waals surface area contributed by atoms with Gasteiger partial charge in [-0.05, 0) is 24.6 Å². The van der Waals surface area contributed by atoms with Gasteiger partial charge in [-0.15, -0.1) is 0 Å². The number of nitrogens with one attached hydrogen (secondary N) is 1. The molecule has 2 N–H and O–H groups in total. The van der Waals surface area contributed by atoms with E-state index in [-0.39, 0.29) is 18.5 Å². The molecule has 0 radical (unpaired) electrons. The maximum Gasteiger partial charge on any atom is 0.128 e. The molecule has 1 aromatic rings. The van der Waals surface area contributed by atoms with Crippen LogP contribution in [0, 0.1) is 5.82 Å². The van der Waals surface area contributed by atoms with Crippen LogP contribution in [0.15, 0.2) is 22.7 Å². The molecule has 1 atom stereocenters. The summed E-state index contributed by atoms with van der Waals surface area (Å²) in [6.07, 6.45) is 0.563. The van der Waals surface area contributed by atoms with Crippen molar-refractivity contribution in [2.24, 2.45) is 0 Å². The van der Waals surface area contributed by atoms with E-state index in [0.29, 0.717) is 12.0 Å². The average molecular weight is 317 g/mol. The van der Waals surface area contributed by atoms with Crippen molar-refractivity contribution in [1.29, 1.82) is 0 Å². The Labute approximate surface area is 115 Å². The molecule has 1 fully saturated rings. The molecular formula is C13H18BrFN2O. The molecule has 5 heteroatoms. The minimum Gasteiger partial charge on any atom is -0.396 e. The van der Waals surface area contributed by atoms with Crippen molar-refractivity contribution < 1.29 is 9.50 Å². The first-order valence-electron chi connectivity index (χ1n) is 6.23. The molecule has 0 saturated carbocycles. The minimum absolute atomic E-state index is 0.0467. The summed E-state index contributed by atoms with van der Waals surface area (Å²) >= 11 is 3.38.